The van der Waals surface area contributed by atoms with Gasteiger partial charge in [0, 0.05) is 18.1 Å². The van der Waals surface area contributed by atoms with Crippen LogP contribution in [0.1, 0.15) is 11.1 Å². The zero-order chi connectivity index (χ0) is 16.8. The van der Waals surface area contributed by atoms with E-state index >= 15 is 0 Å². The molecule has 2 aromatic carbocycles. The largest absolute Gasteiger partial charge is 0.347 e. The van der Waals surface area contributed by atoms with Crippen LogP contribution in [-0.2, 0) is 11.3 Å². The molecule has 0 aliphatic heterocycles. The number of benzene rings is 2. The summed E-state index contributed by atoms with van der Waals surface area (Å²) in [5, 5.41) is 13.0. The van der Waals surface area contributed by atoms with Crippen LogP contribution in [0.4, 0.5) is 0 Å². The fraction of sp³-hybridized carbons (Fsp3) is 0.0500. The zero-order valence-corrected chi connectivity index (χ0v) is 12.9. The second-order valence-corrected chi connectivity index (χ2v) is 5.26. The Labute approximate surface area is 140 Å². The van der Waals surface area contributed by atoms with Gasteiger partial charge in [-0.3, -0.25) is 9.78 Å². The minimum atomic E-state index is -0.387. The topological polar surface area (TPSA) is 65.8 Å². The molecule has 0 unspecified atom stereocenters. The zero-order valence-electron chi connectivity index (χ0n) is 12.9. The number of nitrogens with zero attached hydrogens (tertiary/aromatic N) is 2. The molecule has 0 aliphatic carbocycles. The number of nitrogens with one attached hydrogen (secondary N) is 1. The van der Waals surface area contributed by atoms with Crippen molar-refractivity contribution in [2.75, 3.05) is 0 Å². The summed E-state index contributed by atoms with van der Waals surface area (Å²) in [7, 11) is 0. The molecule has 3 aromatic rings. The van der Waals surface area contributed by atoms with Crippen molar-refractivity contribution in [1.82, 2.24) is 10.3 Å². The molecule has 3 rings (SSSR count). The summed E-state index contributed by atoms with van der Waals surface area (Å²) in [6.45, 7) is 0.385. The van der Waals surface area contributed by atoms with E-state index in [4.69, 9.17) is 0 Å². The third-order valence-corrected chi connectivity index (χ3v) is 3.64. The van der Waals surface area contributed by atoms with Crippen LogP contribution in [0.15, 0.2) is 72.4 Å². The highest BCUT2D eigenvalue weighted by Gasteiger charge is 2.10. The second-order valence-electron chi connectivity index (χ2n) is 5.26. The lowest BCUT2D eigenvalue weighted by molar-refractivity contribution is -0.117. The highest BCUT2D eigenvalue weighted by Crippen LogP contribution is 2.18. The van der Waals surface area contributed by atoms with Crippen molar-refractivity contribution >= 4 is 22.9 Å². The molecule has 0 saturated carbocycles. The van der Waals surface area contributed by atoms with E-state index in [0.717, 1.165) is 22.0 Å². The lowest BCUT2D eigenvalue weighted by Crippen LogP contribution is -2.23. The first-order valence-electron chi connectivity index (χ1n) is 7.55. The monoisotopic (exact) mass is 313 g/mol. The molecular formula is C20H15N3O. The van der Waals surface area contributed by atoms with Gasteiger partial charge in [0.1, 0.15) is 11.6 Å². The fourth-order valence-electron chi connectivity index (χ4n) is 2.42. The predicted octanol–water partition coefficient (Wildman–Crippen LogP) is 3.46. The minimum Gasteiger partial charge on any atom is -0.347 e. The average molecular weight is 313 g/mol. The van der Waals surface area contributed by atoms with E-state index < -0.39 is 0 Å². The van der Waals surface area contributed by atoms with Gasteiger partial charge in [-0.05, 0) is 29.3 Å². The molecule has 0 radical (unpaired) electrons. The Morgan fingerprint density at radius 1 is 1.08 bits per heavy atom. The molecule has 0 fully saturated rings. The third kappa shape index (κ3) is 3.47. The van der Waals surface area contributed by atoms with Gasteiger partial charge in [-0.1, -0.05) is 48.5 Å². The maximum Gasteiger partial charge on any atom is 0.262 e. The number of fused-ring (bicyclic) bond motifs is 1. The van der Waals surface area contributed by atoms with Gasteiger partial charge in [0.05, 0.1) is 5.52 Å². The molecule has 4 heteroatoms. The number of carbonyl (C=O) groups is 1. The van der Waals surface area contributed by atoms with Crippen molar-refractivity contribution in [3.63, 3.8) is 0 Å². The quantitative estimate of drug-likeness (QED) is 0.592. The maximum atomic E-state index is 12.3. The Kier molecular flexibility index (Phi) is 4.64. The van der Waals surface area contributed by atoms with Crippen LogP contribution >= 0.6 is 0 Å². The first kappa shape index (κ1) is 15.4. The van der Waals surface area contributed by atoms with Crippen molar-refractivity contribution in [3.05, 3.63) is 83.6 Å². The van der Waals surface area contributed by atoms with Crippen molar-refractivity contribution < 1.29 is 4.79 Å². The SMILES string of the molecule is N#CC(=Cc1ccnc2ccccc12)C(=O)NCc1ccccc1. The molecule has 1 N–H and O–H groups in total. The molecule has 1 aromatic heterocycles. The Bertz CT molecular complexity index is 935. The average Bonchev–Trinajstić information content (AvgIpc) is 2.65. The van der Waals surface area contributed by atoms with E-state index in [1.165, 1.54) is 0 Å². The fourth-order valence-corrected chi connectivity index (χ4v) is 2.42. The second kappa shape index (κ2) is 7.21. The number of nitriles is 1. The summed E-state index contributed by atoms with van der Waals surface area (Å²) in [4.78, 5) is 16.6. The van der Waals surface area contributed by atoms with Crippen LogP contribution in [0.3, 0.4) is 0 Å². The highest BCUT2D eigenvalue weighted by molar-refractivity contribution is 6.03. The molecule has 4 nitrogen and oxygen atoms in total. The number of carbonyl (C=O) groups excluding carboxylic acids is 1. The van der Waals surface area contributed by atoms with Gasteiger partial charge in [0.15, 0.2) is 0 Å². The van der Waals surface area contributed by atoms with Crippen molar-refractivity contribution in [2.24, 2.45) is 0 Å². The summed E-state index contributed by atoms with van der Waals surface area (Å²) >= 11 is 0. The first-order valence-corrected chi connectivity index (χ1v) is 7.55. The summed E-state index contributed by atoms with van der Waals surface area (Å²) in [5.41, 5.74) is 2.68. The normalized spacial score (nSPS) is 11.0. The van der Waals surface area contributed by atoms with Crippen molar-refractivity contribution in [3.8, 4) is 6.07 Å². The van der Waals surface area contributed by atoms with Crippen LogP contribution < -0.4 is 5.32 Å². The van der Waals surface area contributed by atoms with E-state index in [1.807, 2.05) is 60.7 Å². The summed E-state index contributed by atoms with van der Waals surface area (Å²) in [6, 6.07) is 21.0. The Hall–Kier alpha value is -3.45. The molecular weight excluding hydrogens is 298 g/mol. The van der Waals surface area contributed by atoms with Gasteiger partial charge in [-0.25, -0.2) is 0 Å². The smallest absolute Gasteiger partial charge is 0.262 e. The van der Waals surface area contributed by atoms with Gasteiger partial charge in [-0.2, -0.15) is 5.26 Å². The highest BCUT2D eigenvalue weighted by atomic mass is 16.1. The van der Waals surface area contributed by atoms with Gasteiger partial charge < -0.3 is 5.32 Å². The van der Waals surface area contributed by atoms with Crippen LogP contribution in [0.2, 0.25) is 0 Å². The van der Waals surface area contributed by atoms with E-state index in [-0.39, 0.29) is 11.5 Å². The number of hydrogen-bond acceptors (Lipinski definition) is 3. The van der Waals surface area contributed by atoms with E-state index in [1.54, 1.807) is 18.3 Å². The molecule has 0 saturated heterocycles. The van der Waals surface area contributed by atoms with Crippen LogP contribution in [-0.4, -0.2) is 10.9 Å². The van der Waals surface area contributed by atoms with E-state index in [2.05, 4.69) is 10.3 Å². The van der Waals surface area contributed by atoms with Crippen molar-refractivity contribution in [2.45, 2.75) is 6.54 Å². The Morgan fingerprint density at radius 3 is 2.62 bits per heavy atom. The number of pyridine rings is 1. The van der Waals surface area contributed by atoms with E-state index in [0.29, 0.717) is 6.54 Å². The third-order valence-electron chi connectivity index (χ3n) is 3.64. The Balaban J connectivity index is 1.83. The lowest BCUT2D eigenvalue weighted by atomic mass is 10.1. The number of rotatable bonds is 4. The van der Waals surface area contributed by atoms with E-state index in [9.17, 15) is 10.1 Å². The molecule has 0 aliphatic rings. The lowest BCUT2D eigenvalue weighted by Gasteiger charge is -2.05. The Morgan fingerprint density at radius 2 is 1.83 bits per heavy atom. The molecule has 1 amide bonds. The van der Waals surface area contributed by atoms with Crippen LogP contribution in [0, 0.1) is 11.3 Å². The molecule has 116 valence electrons. The summed E-state index contributed by atoms with van der Waals surface area (Å²) in [5.74, 6) is -0.387. The summed E-state index contributed by atoms with van der Waals surface area (Å²) in [6.07, 6.45) is 3.27. The predicted molar refractivity (Wildman–Crippen MR) is 93.6 cm³/mol. The maximum absolute atomic E-state index is 12.3. The molecule has 0 bridgehead atoms. The number of para-hydroxylation sites is 1. The number of aromatic nitrogens is 1. The minimum absolute atomic E-state index is 0.0716. The summed E-state index contributed by atoms with van der Waals surface area (Å²) < 4.78 is 0. The number of hydrogen-bond donors (Lipinski definition) is 1. The van der Waals surface area contributed by atoms with Crippen LogP contribution in [0.5, 0.6) is 0 Å². The molecule has 0 atom stereocenters. The van der Waals surface area contributed by atoms with Gasteiger partial charge in [-0.15, -0.1) is 0 Å². The standard InChI is InChI=1S/C20H15N3O/c21-13-17(20(24)23-14-15-6-2-1-3-7-15)12-16-10-11-22-19-9-5-4-8-18(16)19/h1-12H,14H2,(H,23,24). The van der Waals surface area contributed by atoms with Gasteiger partial charge >= 0.3 is 0 Å². The van der Waals surface area contributed by atoms with Gasteiger partial charge in [0.25, 0.3) is 5.91 Å². The first-order chi connectivity index (χ1) is 11.8. The van der Waals surface area contributed by atoms with Crippen LogP contribution in [0.25, 0.3) is 17.0 Å². The number of amides is 1. The van der Waals surface area contributed by atoms with Gasteiger partial charge in [0.2, 0.25) is 0 Å². The molecule has 24 heavy (non-hydrogen) atoms. The molecule has 0 spiro atoms. The molecule has 1 heterocycles. The van der Waals surface area contributed by atoms with Crippen molar-refractivity contribution in [1.29, 1.82) is 5.26 Å².